The van der Waals surface area contributed by atoms with Crippen LogP contribution in [0.3, 0.4) is 0 Å². The zero-order valence-electron chi connectivity index (χ0n) is 11.5. The summed E-state index contributed by atoms with van der Waals surface area (Å²) in [5.74, 6) is 0. The van der Waals surface area contributed by atoms with Crippen molar-refractivity contribution in [2.45, 2.75) is 19.2 Å². The highest BCUT2D eigenvalue weighted by atomic mass is 14.6. The Hall–Kier alpha value is -0.820. The van der Waals surface area contributed by atoms with Crippen LogP contribution in [0.4, 0.5) is 0 Å². The molecule has 1 nitrogen and oxygen atoms in total. The van der Waals surface area contributed by atoms with Crippen LogP contribution in [0, 0.1) is 0 Å². The summed E-state index contributed by atoms with van der Waals surface area (Å²) in [5.41, 5.74) is 5.42. The van der Waals surface area contributed by atoms with Crippen molar-refractivity contribution in [3.63, 3.8) is 0 Å². The van der Waals surface area contributed by atoms with E-state index in [2.05, 4.69) is 0 Å². The first kappa shape index (κ1) is 2.67. The molecule has 0 aromatic heterocycles. The molecule has 1 aromatic rings. The molecule has 0 radical (unpaired) electrons. The van der Waals surface area contributed by atoms with Gasteiger partial charge < -0.3 is 5.73 Å². The minimum Gasteiger partial charge on any atom is -0.328 e. The first-order valence-electron chi connectivity index (χ1n) is 5.95. The van der Waals surface area contributed by atoms with Gasteiger partial charge in [-0.1, -0.05) is 30.3 Å². The molecule has 0 fully saturated rings. The molecule has 0 aliphatic rings. The maximum atomic E-state index is 7.72. The smallest absolute Gasteiger partial charge is 0.0463 e. The van der Waals surface area contributed by atoms with Crippen LogP contribution in [0.1, 0.15) is 20.6 Å². The fraction of sp³-hybridized carbons (Fsp3) is 0.333. The normalized spacial score (nSPS) is 27.7. The third kappa shape index (κ3) is 2.19. The number of benzene rings is 1. The summed E-state index contributed by atoms with van der Waals surface area (Å²) >= 11 is 0. The average molecular weight is 141 g/mol. The molecule has 0 bridgehead atoms. The topological polar surface area (TPSA) is 26.0 Å². The average Bonchev–Trinajstić information content (AvgIpc) is 2.17. The second kappa shape index (κ2) is 3.37. The summed E-state index contributed by atoms with van der Waals surface area (Å²) in [7, 11) is 0. The van der Waals surface area contributed by atoms with E-state index in [0.29, 0.717) is 0 Å². The lowest BCUT2D eigenvalue weighted by Gasteiger charge is -2.02. The first-order chi connectivity index (χ1) is 7.11. The van der Waals surface area contributed by atoms with Crippen LogP contribution in [-0.2, 0) is 6.37 Å². The molecule has 0 aliphatic heterocycles. The minimum atomic E-state index is -2.90. The predicted octanol–water partition coefficient (Wildman–Crippen LogP) is 1.58. The molecule has 1 unspecified atom stereocenters. The van der Waals surface area contributed by atoms with Crippen molar-refractivity contribution in [3.8, 4) is 0 Å². The highest BCUT2D eigenvalue weighted by Gasteiger charge is 1.94. The van der Waals surface area contributed by atoms with E-state index in [1.165, 1.54) is 12.1 Å². The van der Waals surface area contributed by atoms with E-state index >= 15 is 0 Å². The molecule has 1 aromatic carbocycles. The van der Waals surface area contributed by atoms with Gasteiger partial charge in [-0.2, -0.15) is 0 Å². The van der Waals surface area contributed by atoms with Crippen molar-refractivity contribution in [2.24, 2.45) is 5.73 Å². The first-order valence-corrected chi connectivity index (χ1v) is 2.95. The zero-order valence-corrected chi connectivity index (χ0v) is 5.46. The van der Waals surface area contributed by atoms with E-state index in [1.807, 2.05) is 0 Å². The van der Waals surface area contributed by atoms with Gasteiger partial charge in [-0.3, -0.25) is 0 Å². The Bertz CT molecular complexity index is 356. The second-order valence-electron chi connectivity index (χ2n) is 1.90. The van der Waals surface area contributed by atoms with Crippen molar-refractivity contribution < 1.29 is 8.22 Å². The molecule has 1 rings (SSSR count). The van der Waals surface area contributed by atoms with Crippen molar-refractivity contribution in [1.82, 2.24) is 0 Å². The molecule has 0 saturated heterocycles. The van der Waals surface area contributed by atoms with Gasteiger partial charge in [0.05, 0.1) is 0 Å². The van der Waals surface area contributed by atoms with Gasteiger partial charge >= 0.3 is 0 Å². The summed E-state index contributed by atoms with van der Waals surface area (Å²) in [6.07, 6.45) is -2.44. The summed E-state index contributed by atoms with van der Waals surface area (Å²) in [6.45, 7) is -2.90. The molecule has 0 saturated carbocycles. The largest absolute Gasteiger partial charge is 0.328 e. The molecular formula is C9H13N. The molecule has 0 aliphatic carbocycles. The fourth-order valence-electron chi connectivity index (χ4n) is 0.677. The summed E-state index contributed by atoms with van der Waals surface area (Å²) in [4.78, 5) is 0. The number of rotatable bonds is 2. The Morgan fingerprint density at radius 2 is 2.40 bits per heavy atom. The second-order valence-corrected chi connectivity index (χ2v) is 1.90. The van der Waals surface area contributed by atoms with E-state index in [1.54, 1.807) is 18.2 Å². The third-order valence-corrected chi connectivity index (χ3v) is 1.05. The van der Waals surface area contributed by atoms with Gasteiger partial charge in [0.15, 0.2) is 0 Å². The van der Waals surface area contributed by atoms with Gasteiger partial charge in [0.25, 0.3) is 0 Å². The fourth-order valence-corrected chi connectivity index (χ4v) is 0.677. The van der Waals surface area contributed by atoms with Crippen molar-refractivity contribution in [1.29, 1.82) is 0 Å². The van der Waals surface area contributed by atoms with E-state index in [-0.39, 0.29) is 5.56 Å². The Morgan fingerprint density at radius 1 is 1.70 bits per heavy atom. The van der Waals surface area contributed by atoms with Gasteiger partial charge in [-0.05, 0) is 18.8 Å². The summed E-state index contributed by atoms with van der Waals surface area (Å²) in [6, 6.07) is 4.98. The van der Waals surface area contributed by atoms with Gasteiger partial charge in [0.1, 0.15) is 0 Å². The molecule has 0 spiro atoms. The van der Waals surface area contributed by atoms with Crippen molar-refractivity contribution in [3.05, 3.63) is 35.9 Å². The predicted molar refractivity (Wildman–Crippen MR) is 43.8 cm³/mol. The van der Waals surface area contributed by atoms with Gasteiger partial charge in [-0.25, -0.2) is 0 Å². The van der Waals surface area contributed by atoms with E-state index in [9.17, 15) is 0 Å². The Labute approximate surface area is 70.3 Å². The Kier molecular flexibility index (Phi) is 0.899. The van der Waals surface area contributed by atoms with Gasteiger partial charge in [0.2, 0.25) is 0 Å². The van der Waals surface area contributed by atoms with Crippen LogP contribution < -0.4 is 5.73 Å². The van der Waals surface area contributed by atoms with Crippen LogP contribution in [0.5, 0.6) is 0 Å². The summed E-state index contributed by atoms with van der Waals surface area (Å²) in [5, 5.41) is 0. The van der Waals surface area contributed by atoms with E-state index in [4.69, 9.17) is 14.0 Å². The van der Waals surface area contributed by atoms with Crippen LogP contribution in [0.2, 0.25) is 0 Å². The lowest BCUT2D eigenvalue weighted by atomic mass is 10.1. The minimum absolute atomic E-state index is 0.0867. The SMILES string of the molecule is [2H]C([2H])([2H])C([2H])(N)C([2H])([2H])c1ccccc1. The lowest BCUT2D eigenvalue weighted by molar-refractivity contribution is 0.738. The number of hydrogen-bond donors (Lipinski definition) is 1. The van der Waals surface area contributed by atoms with Gasteiger partial charge in [-0.15, -0.1) is 0 Å². The van der Waals surface area contributed by atoms with Crippen molar-refractivity contribution >= 4 is 0 Å². The number of hydrogen-bond acceptors (Lipinski definition) is 1. The molecule has 0 amide bonds. The quantitative estimate of drug-likeness (QED) is 0.665. The monoisotopic (exact) mass is 141 g/mol. The lowest BCUT2D eigenvalue weighted by Crippen LogP contribution is -2.17. The summed E-state index contributed by atoms with van der Waals surface area (Å²) < 4.78 is 44.4. The maximum Gasteiger partial charge on any atom is 0.0463 e. The van der Waals surface area contributed by atoms with Crippen LogP contribution in [0.25, 0.3) is 0 Å². The molecule has 10 heavy (non-hydrogen) atoms. The molecule has 0 heterocycles. The molecule has 54 valence electrons. The molecule has 2 N–H and O–H groups in total. The number of nitrogens with two attached hydrogens (primary N) is 1. The highest BCUT2D eigenvalue weighted by molar-refractivity contribution is 5.15. The molecule has 1 atom stereocenters. The molecular weight excluding hydrogens is 122 g/mol. The molecule has 1 heteroatoms. The van der Waals surface area contributed by atoms with Crippen LogP contribution in [-0.4, -0.2) is 6.02 Å². The Balaban J connectivity index is 3.22. The zero-order chi connectivity index (χ0) is 12.6. The maximum absolute atomic E-state index is 7.72. The Morgan fingerprint density at radius 3 is 3.00 bits per heavy atom. The van der Waals surface area contributed by atoms with Crippen LogP contribution >= 0.6 is 0 Å². The van der Waals surface area contributed by atoms with E-state index in [0.717, 1.165) is 0 Å². The van der Waals surface area contributed by atoms with E-state index < -0.39 is 19.2 Å². The van der Waals surface area contributed by atoms with Crippen LogP contribution in [0.15, 0.2) is 30.3 Å². The van der Waals surface area contributed by atoms with Gasteiger partial charge in [0, 0.05) is 14.2 Å². The third-order valence-electron chi connectivity index (χ3n) is 1.05. The van der Waals surface area contributed by atoms with Crippen molar-refractivity contribution in [2.75, 3.05) is 0 Å². The standard InChI is InChI=1S/C9H13N/c1-8(10)7-9-5-3-2-4-6-9/h2-6,8H,7,10H2,1H3/i1D3,7D2,8D. The highest BCUT2D eigenvalue weighted by Crippen LogP contribution is 2.00.